The summed E-state index contributed by atoms with van der Waals surface area (Å²) in [6, 6.07) is 1.55. The topological polar surface area (TPSA) is 74.8 Å². The largest absolute Gasteiger partial charge is 0.504 e. The first-order valence-electron chi connectivity index (χ1n) is 4.42. The van der Waals surface area contributed by atoms with Gasteiger partial charge in [-0.05, 0) is 25.5 Å². The number of carbonyl (C=O) groups is 1. The van der Waals surface area contributed by atoms with E-state index in [0.29, 0.717) is 5.69 Å². The Morgan fingerprint density at radius 1 is 1.47 bits per heavy atom. The lowest BCUT2D eigenvalue weighted by Gasteiger charge is -2.01. The van der Waals surface area contributed by atoms with Crippen molar-refractivity contribution in [3.05, 3.63) is 29.2 Å². The molecule has 78 valence electrons. The molecule has 0 fully saturated rings. The molecule has 5 heteroatoms. The summed E-state index contributed by atoms with van der Waals surface area (Å²) in [4.78, 5) is 15.0. The summed E-state index contributed by atoms with van der Waals surface area (Å²) in [6.07, 6.45) is 1.64. The average Bonchev–Trinajstić information content (AvgIpc) is 2.41. The van der Waals surface area contributed by atoms with Crippen molar-refractivity contribution in [2.45, 2.75) is 13.8 Å². The van der Waals surface area contributed by atoms with Gasteiger partial charge in [0.15, 0.2) is 17.1 Å². The Morgan fingerprint density at radius 3 is 2.73 bits per heavy atom. The number of rotatable bonds is 1. The molecule has 0 saturated heterocycles. The number of hydrogen-bond acceptors (Lipinski definition) is 3. The minimum atomic E-state index is -1.05. The molecule has 0 atom stereocenters. The van der Waals surface area contributed by atoms with E-state index in [0.717, 1.165) is 5.56 Å². The minimum absolute atomic E-state index is 0.00870. The maximum absolute atomic E-state index is 11.0. The zero-order valence-corrected chi connectivity index (χ0v) is 8.35. The number of hydrogen-bond donors (Lipinski definition) is 2. The van der Waals surface area contributed by atoms with Gasteiger partial charge in [-0.15, -0.1) is 0 Å². The molecule has 0 spiro atoms. The Bertz CT molecular complexity index is 557. The zero-order chi connectivity index (χ0) is 11.2. The van der Waals surface area contributed by atoms with Gasteiger partial charge in [-0.2, -0.15) is 0 Å². The average molecular weight is 206 g/mol. The zero-order valence-electron chi connectivity index (χ0n) is 8.35. The Hall–Kier alpha value is -2.04. The Labute approximate surface area is 85.6 Å². The van der Waals surface area contributed by atoms with Crippen LogP contribution in [0.2, 0.25) is 0 Å². The van der Waals surface area contributed by atoms with Gasteiger partial charge in [-0.1, -0.05) is 0 Å². The van der Waals surface area contributed by atoms with Crippen molar-refractivity contribution >= 4 is 11.6 Å². The van der Waals surface area contributed by atoms with Crippen LogP contribution in [0.3, 0.4) is 0 Å². The fourth-order valence-electron chi connectivity index (χ4n) is 1.63. The summed E-state index contributed by atoms with van der Waals surface area (Å²) in [6.45, 7) is 3.38. The fraction of sp³-hybridized carbons (Fsp3) is 0.200. The second-order valence-corrected chi connectivity index (χ2v) is 3.45. The standard InChI is InChI=1S/C10H10N2O3/c1-5-3-7(13)9-11-6(2)8(10(14)15)12(9)4-5/h3-4,13H,1-2H3,(H,14,15). The van der Waals surface area contributed by atoms with Crippen molar-refractivity contribution < 1.29 is 15.0 Å². The van der Waals surface area contributed by atoms with Crippen LogP contribution in [0.1, 0.15) is 21.7 Å². The molecule has 2 aromatic heterocycles. The highest BCUT2D eigenvalue weighted by atomic mass is 16.4. The van der Waals surface area contributed by atoms with E-state index in [-0.39, 0.29) is 17.1 Å². The molecule has 0 aliphatic heterocycles. The van der Waals surface area contributed by atoms with Crippen LogP contribution in [0.15, 0.2) is 12.3 Å². The summed E-state index contributed by atoms with van der Waals surface area (Å²) in [7, 11) is 0. The Kier molecular flexibility index (Phi) is 1.89. The molecule has 0 amide bonds. The molecule has 15 heavy (non-hydrogen) atoms. The first-order chi connectivity index (χ1) is 7.00. The van der Waals surface area contributed by atoms with Crippen molar-refractivity contribution in [2.75, 3.05) is 0 Å². The second-order valence-electron chi connectivity index (χ2n) is 3.45. The van der Waals surface area contributed by atoms with E-state index in [1.165, 1.54) is 4.40 Å². The first kappa shape index (κ1) is 9.51. The van der Waals surface area contributed by atoms with Crippen molar-refractivity contribution in [3.8, 4) is 5.75 Å². The van der Waals surface area contributed by atoms with Crippen molar-refractivity contribution in [2.24, 2.45) is 0 Å². The number of fused-ring (bicyclic) bond motifs is 1. The molecule has 0 bridgehead atoms. The fourth-order valence-corrected chi connectivity index (χ4v) is 1.63. The van der Waals surface area contributed by atoms with Crippen LogP contribution in [0.4, 0.5) is 0 Å². The third-order valence-corrected chi connectivity index (χ3v) is 2.21. The molecule has 2 N–H and O–H groups in total. The van der Waals surface area contributed by atoms with Gasteiger partial charge >= 0.3 is 5.97 Å². The number of nitrogens with zero attached hydrogens (tertiary/aromatic N) is 2. The highest BCUT2D eigenvalue weighted by Crippen LogP contribution is 2.22. The molecule has 0 radical (unpaired) electrons. The van der Waals surface area contributed by atoms with Gasteiger partial charge in [0.2, 0.25) is 0 Å². The molecule has 2 heterocycles. The normalized spacial score (nSPS) is 10.8. The SMILES string of the molecule is Cc1cc(O)c2nc(C)c(C(=O)O)n2c1. The summed E-state index contributed by atoms with van der Waals surface area (Å²) in [5, 5.41) is 18.6. The van der Waals surface area contributed by atoms with E-state index in [1.54, 1.807) is 26.1 Å². The Balaban J connectivity index is 2.93. The number of carboxylic acid groups (broad SMARTS) is 1. The predicted octanol–water partition coefficient (Wildman–Crippen LogP) is 1.35. The van der Waals surface area contributed by atoms with Crippen LogP contribution in [-0.2, 0) is 0 Å². The number of pyridine rings is 1. The number of carboxylic acids is 1. The minimum Gasteiger partial charge on any atom is -0.504 e. The maximum Gasteiger partial charge on any atom is 0.354 e. The van der Waals surface area contributed by atoms with Crippen LogP contribution in [0, 0.1) is 13.8 Å². The lowest BCUT2D eigenvalue weighted by molar-refractivity contribution is 0.0688. The quantitative estimate of drug-likeness (QED) is 0.738. The van der Waals surface area contributed by atoms with Crippen LogP contribution < -0.4 is 0 Å². The molecule has 2 aromatic rings. The van der Waals surface area contributed by atoms with E-state index in [9.17, 15) is 9.90 Å². The summed E-state index contributed by atoms with van der Waals surface area (Å²) in [5.74, 6) is -1.06. The number of aromatic hydroxyl groups is 1. The lowest BCUT2D eigenvalue weighted by Crippen LogP contribution is -2.03. The number of imidazole rings is 1. The van der Waals surface area contributed by atoms with Gasteiger partial charge < -0.3 is 10.2 Å². The lowest BCUT2D eigenvalue weighted by atomic mass is 10.3. The van der Waals surface area contributed by atoms with Gasteiger partial charge in [0.05, 0.1) is 5.69 Å². The van der Waals surface area contributed by atoms with Crippen LogP contribution in [0.25, 0.3) is 5.65 Å². The molecule has 5 nitrogen and oxygen atoms in total. The van der Waals surface area contributed by atoms with Gasteiger partial charge in [0, 0.05) is 6.20 Å². The number of aryl methyl sites for hydroxylation is 2. The highest BCUT2D eigenvalue weighted by molar-refractivity contribution is 5.88. The molecular weight excluding hydrogens is 196 g/mol. The summed E-state index contributed by atoms with van der Waals surface area (Å²) in [5.41, 5.74) is 1.53. The first-order valence-corrected chi connectivity index (χ1v) is 4.42. The van der Waals surface area contributed by atoms with Gasteiger partial charge in [-0.25, -0.2) is 9.78 Å². The van der Waals surface area contributed by atoms with E-state index < -0.39 is 5.97 Å². The summed E-state index contributed by atoms with van der Waals surface area (Å²) >= 11 is 0. The monoisotopic (exact) mass is 206 g/mol. The van der Waals surface area contributed by atoms with Gasteiger partial charge in [0.25, 0.3) is 0 Å². The Morgan fingerprint density at radius 2 is 2.13 bits per heavy atom. The summed E-state index contributed by atoms with van der Waals surface area (Å²) < 4.78 is 1.39. The molecule has 0 aliphatic carbocycles. The van der Waals surface area contributed by atoms with Crippen molar-refractivity contribution in [1.29, 1.82) is 0 Å². The van der Waals surface area contributed by atoms with Crippen LogP contribution >= 0.6 is 0 Å². The second kappa shape index (κ2) is 2.98. The highest BCUT2D eigenvalue weighted by Gasteiger charge is 2.17. The van der Waals surface area contributed by atoms with E-state index in [2.05, 4.69) is 4.98 Å². The maximum atomic E-state index is 11.0. The van der Waals surface area contributed by atoms with Crippen molar-refractivity contribution in [3.63, 3.8) is 0 Å². The van der Waals surface area contributed by atoms with E-state index >= 15 is 0 Å². The smallest absolute Gasteiger partial charge is 0.354 e. The van der Waals surface area contributed by atoms with E-state index in [4.69, 9.17) is 5.11 Å². The number of aromatic nitrogens is 2. The molecular formula is C10H10N2O3. The molecule has 0 unspecified atom stereocenters. The third kappa shape index (κ3) is 1.32. The van der Waals surface area contributed by atoms with Gasteiger partial charge in [-0.3, -0.25) is 4.40 Å². The van der Waals surface area contributed by atoms with E-state index in [1.807, 2.05) is 0 Å². The molecule has 0 aromatic carbocycles. The van der Waals surface area contributed by atoms with Crippen LogP contribution in [0.5, 0.6) is 5.75 Å². The van der Waals surface area contributed by atoms with Gasteiger partial charge in [0.1, 0.15) is 0 Å². The predicted molar refractivity (Wildman–Crippen MR) is 53.3 cm³/mol. The van der Waals surface area contributed by atoms with Crippen molar-refractivity contribution in [1.82, 2.24) is 9.38 Å². The molecule has 0 saturated carbocycles. The van der Waals surface area contributed by atoms with Crippen LogP contribution in [-0.4, -0.2) is 25.6 Å². The molecule has 0 aliphatic rings. The molecule has 2 rings (SSSR count). The third-order valence-electron chi connectivity index (χ3n) is 2.21. The number of aromatic carboxylic acids is 1.